The van der Waals surface area contributed by atoms with Gasteiger partial charge in [0, 0.05) is 0 Å². The molecule has 0 atom stereocenters. The van der Waals surface area contributed by atoms with Gasteiger partial charge < -0.3 is 14.0 Å². The van der Waals surface area contributed by atoms with Gasteiger partial charge in [0.25, 0.3) is 0 Å². The van der Waals surface area contributed by atoms with E-state index in [9.17, 15) is 0 Å². The molecule has 102 valence electrons. The molecule has 1 aliphatic rings. The maximum Gasteiger partial charge on any atom is 0.532 e. The lowest BCUT2D eigenvalue weighted by Crippen LogP contribution is -2.41. The first-order chi connectivity index (χ1) is 8.19. The average Bonchev–Trinajstić information content (AvgIpc) is 2.42. The van der Waals surface area contributed by atoms with Crippen molar-refractivity contribution in [3.8, 4) is 0 Å². The fourth-order valence-corrected chi connectivity index (χ4v) is 1.57. The summed E-state index contributed by atoms with van der Waals surface area (Å²) in [6, 6.07) is 0. The van der Waals surface area contributed by atoms with Crippen molar-refractivity contribution in [2.24, 2.45) is 0 Å². The summed E-state index contributed by atoms with van der Waals surface area (Å²) in [7, 11) is -0.425. The van der Waals surface area contributed by atoms with Crippen LogP contribution in [0.3, 0.4) is 0 Å². The molecule has 1 saturated heterocycles. The van der Waals surface area contributed by atoms with Gasteiger partial charge >= 0.3 is 7.12 Å². The fraction of sp³-hybridized carbons (Fsp3) is 0.714. The van der Waals surface area contributed by atoms with Crippen molar-refractivity contribution in [3.05, 3.63) is 23.4 Å². The van der Waals surface area contributed by atoms with Gasteiger partial charge in [-0.1, -0.05) is 11.6 Å². The van der Waals surface area contributed by atoms with Crippen molar-refractivity contribution in [1.82, 2.24) is 0 Å². The first kappa shape index (κ1) is 15.3. The predicted octanol–water partition coefficient (Wildman–Crippen LogP) is 3.50. The van der Waals surface area contributed by atoms with Gasteiger partial charge in [0.15, 0.2) is 0 Å². The lowest BCUT2D eigenvalue weighted by Gasteiger charge is -2.32. The van der Waals surface area contributed by atoms with E-state index in [0.29, 0.717) is 6.61 Å². The minimum atomic E-state index is -0.425. The van der Waals surface area contributed by atoms with E-state index in [1.807, 2.05) is 60.6 Å². The molecule has 1 aliphatic heterocycles. The first-order valence-electron chi connectivity index (χ1n) is 6.53. The summed E-state index contributed by atoms with van der Waals surface area (Å²) in [6.45, 7) is 14.8. The van der Waals surface area contributed by atoms with Crippen LogP contribution >= 0.6 is 0 Å². The van der Waals surface area contributed by atoms with E-state index in [0.717, 1.165) is 5.66 Å². The minimum Gasteiger partial charge on any atom is -0.502 e. The third-order valence-electron chi connectivity index (χ3n) is 3.38. The van der Waals surface area contributed by atoms with E-state index in [4.69, 9.17) is 14.0 Å². The molecule has 18 heavy (non-hydrogen) atoms. The van der Waals surface area contributed by atoms with Crippen molar-refractivity contribution in [2.75, 3.05) is 6.61 Å². The summed E-state index contributed by atoms with van der Waals surface area (Å²) in [5, 5.41) is 0. The summed E-state index contributed by atoms with van der Waals surface area (Å²) >= 11 is 0. The maximum absolute atomic E-state index is 5.97. The number of rotatable bonds is 4. The predicted molar refractivity (Wildman–Crippen MR) is 75.2 cm³/mol. The minimum absolute atomic E-state index is 0.334. The monoisotopic (exact) mass is 252 g/mol. The van der Waals surface area contributed by atoms with Crippen molar-refractivity contribution in [3.63, 3.8) is 0 Å². The van der Waals surface area contributed by atoms with E-state index in [-0.39, 0.29) is 11.2 Å². The van der Waals surface area contributed by atoms with Gasteiger partial charge in [0.1, 0.15) is 5.66 Å². The van der Waals surface area contributed by atoms with Crippen LogP contribution in [-0.4, -0.2) is 24.9 Å². The highest BCUT2D eigenvalue weighted by atomic mass is 16.7. The highest BCUT2D eigenvalue weighted by Gasteiger charge is 2.53. The molecule has 4 heteroatoms. The number of ether oxygens (including phenoxy) is 1. The second-order valence-electron chi connectivity index (χ2n) is 5.83. The van der Waals surface area contributed by atoms with Gasteiger partial charge in [-0.2, -0.15) is 0 Å². The van der Waals surface area contributed by atoms with E-state index in [1.54, 1.807) is 0 Å². The standard InChI is InChI=1S/C14H25BO3/c1-8-16-12(10-9-11(2)3)15-17-13(4,5)14(6,7)18-15/h9-10H,8H2,1-7H3/b12-10-. The number of allylic oxidation sites excluding steroid dienone is 3. The Balaban J connectivity index is 2.91. The van der Waals surface area contributed by atoms with Crippen molar-refractivity contribution >= 4 is 7.12 Å². The zero-order chi connectivity index (χ0) is 14.0. The SMILES string of the molecule is CCO/C(=C\C=C(C)C)B1OC(C)(C)C(C)(C)O1. The Morgan fingerprint density at radius 1 is 1.06 bits per heavy atom. The summed E-state index contributed by atoms with van der Waals surface area (Å²) in [5.74, 6) is 0. The molecular weight excluding hydrogens is 227 g/mol. The van der Waals surface area contributed by atoms with Crippen LogP contribution in [0.2, 0.25) is 0 Å². The van der Waals surface area contributed by atoms with Crippen LogP contribution in [0.4, 0.5) is 0 Å². The van der Waals surface area contributed by atoms with Crippen LogP contribution in [0.5, 0.6) is 0 Å². The second kappa shape index (κ2) is 5.49. The van der Waals surface area contributed by atoms with E-state index in [2.05, 4.69) is 0 Å². The molecule has 1 rings (SSSR count). The summed E-state index contributed by atoms with van der Waals surface area (Å²) in [6.07, 6.45) is 3.94. The molecule has 0 spiro atoms. The Morgan fingerprint density at radius 2 is 1.56 bits per heavy atom. The molecule has 0 N–H and O–H groups in total. The summed E-state index contributed by atoms with van der Waals surface area (Å²) in [5.41, 5.74) is 1.28. The lowest BCUT2D eigenvalue weighted by atomic mass is 9.86. The van der Waals surface area contributed by atoms with Crippen LogP contribution < -0.4 is 0 Å². The van der Waals surface area contributed by atoms with Crippen LogP contribution in [0.25, 0.3) is 0 Å². The van der Waals surface area contributed by atoms with Crippen molar-refractivity contribution < 1.29 is 14.0 Å². The van der Waals surface area contributed by atoms with Gasteiger partial charge in [-0.25, -0.2) is 0 Å². The summed E-state index contributed by atoms with van der Waals surface area (Å²) in [4.78, 5) is 0. The maximum atomic E-state index is 5.97. The lowest BCUT2D eigenvalue weighted by molar-refractivity contribution is 0.00578. The molecule has 0 aromatic heterocycles. The molecule has 0 bridgehead atoms. The molecule has 0 saturated carbocycles. The Hall–Kier alpha value is -0.735. The van der Waals surface area contributed by atoms with Gasteiger partial charge in [-0.15, -0.1) is 0 Å². The highest BCUT2D eigenvalue weighted by Crippen LogP contribution is 2.38. The van der Waals surface area contributed by atoms with E-state index < -0.39 is 7.12 Å². The van der Waals surface area contributed by atoms with E-state index in [1.165, 1.54) is 5.57 Å². The van der Waals surface area contributed by atoms with Gasteiger partial charge in [-0.05, 0) is 54.5 Å². The van der Waals surface area contributed by atoms with Crippen molar-refractivity contribution in [2.45, 2.75) is 59.7 Å². The average molecular weight is 252 g/mol. The highest BCUT2D eigenvalue weighted by molar-refractivity contribution is 6.53. The molecule has 0 radical (unpaired) electrons. The molecular formula is C14H25BO3. The van der Waals surface area contributed by atoms with Crippen LogP contribution in [-0.2, 0) is 14.0 Å². The van der Waals surface area contributed by atoms with Crippen LogP contribution in [0.15, 0.2) is 23.4 Å². The molecule has 0 aromatic rings. The fourth-order valence-electron chi connectivity index (χ4n) is 1.57. The smallest absolute Gasteiger partial charge is 0.502 e. The quantitative estimate of drug-likeness (QED) is 0.435. The molecule has 0 amide bonds. The van der Waals surface area contributed by atoms with Gasteiger partial charge in [0.05, 0.1) is 17.8 Å². The topological polar surface area (TPSA) is 27.7 Å². The zero-order valence-electron chi connectivity index (χ0n) is 12.7. The number of hydrogen-bond acceptors (Lipinski definition) is 3. The Bertz CT molecular complexity index is 336. The van der Waals surface area contributed by atoms with Crippen molar-refractivity contribution in [1.29, 1.82) is 0 Å². The molecule has 1 fully saturated rings. The van der Waals surface area contributed by atoms with Gasteiger partial charge in [0.2, 0.25) is 0 Å². The molecule has 3 nitrogen and oxygen atoms in total. The number of hydrogen-bond donors (Lipinski definition) is 0. The van der Waals surface area contributed by atoms with E-state index >= 15 is 0 Å². The molecule has 0 aromatic carbocycles. The second-order valence-corrected chi connectivity index (χ2v) is 5.83. The van der Waals surface area contributed by atoms with Crippen LogP contribution in [0, 0.1) is 0 Å². The van der Waals surface area contributed by atoms with Gasteiger partial charge in [-0.3, -0.25) is 0 Å². The van der Waals surface area contributed by atoms with Crippen LogP contribution in [0.1, 0.15) is 48.5 Å². The Morgan fingerprint density at radius 3 is 1.94 bits per heavy atom. The zero-order valence-corrected chi connectivity index (χ0v) is 12.7. The third kappa shape index (κ3) is 3.39. The molecule has 0 aliphatic carbocycles. The molecule has 1 heterocycles. The first-order valence-corrected chi connectivity index (χ1v) is 6.53. The molecule has 0 unspecified atom stereocenters. The Kier molecular flexibility index (Phi) is 4.68. The normalized spacial score (nSPS) is 21.9. The Labute approximate surface area is 111 Å². The summed E-state index contributed by atoms with van der Waals surface area (Å²) < 4.78 is 17.6. The largest absolute Gasteiger partial charge is 0.532 e. The third-order valence-corrected chi connectivity index (χ3v) is 3.38.